The Balaban J connectivity index is 0.00000225. The van der Waals surface area contributed by atoms with Crippen molar-refractivity contribution in [3.63, 3.8) is 0 Å². The molecule has 6 nitrogen and oxygen atoms in total. The SMILES string of the molecule is CNC[C@@H]1CCN(c2c(F)cn3c(=O)c(C(=O)O)cc(C4CC4)c3c2C)C1.Cl. The van der Waals surface area contributed by atoms with Crippen molar-refractivity contribution in [1.29, 1.82) is 0 Å². The second kappa shape index (κ2) is 7.72. The highest BCUT2D eigenvalue weighted by molar-refractivity contribution is 5.89. The van der Waals surface area contributed by atoms with Gasteiger partial charge in [0.1, 0.15) is 5.56 Å². The van der Waals surface area contributed by atoms with Crippen molar-refractivity contribution in [2.45, 2.75) is 32.1 Å². The smallest absolute Gasteiger partial charge is 0.341 e. The number of hydrogen-bond acceptors (Lipinski definition) is 4. The minimum atomic E-state index is -1.27. The molecular weight excluding hydrogens is 385 g/mol. The third-order valence-corrected chi connectivity index (χ3v) is 5.78. The van der Waals surface area contributed by atoms with Crippen LogP contribution in [0.2, 0.25) is 0 Å². The van der Waals surface area contributed by atoms with Gasteiger partial charge >= 0.3 is 5.97 Å². The van der Waals surface area contributed by atoms with Crippen LogP contribution in [0.4, 0.5) is 10.1 Å². The van der Waals surface area contributed by atoms with Crippen LogP contribution in [0.3, 0.4) is 0 Å². The molecule has 1 atom stereocenters. The van der Waals surface area contributed by atoms with E-state index < -0.39 is 17.3 Å². The van der Waals surface area contributed by atoms with E-state index in [2.05, 4.69) is 10.2 Å². The van der Waals surface area contributed by atoms with Crippen LogP contribution in [0.25, 0.3) is 5.52 Å². The van der Waals surface area contributed by atoms with Crippen molar-refractivity contribution in [3.05, 3.63) is 45.1 Å². The summed E-state index contributed by atoms with van der Waals surface area (Å²) < 4.78 is 16.2. The number of anilines is 1. The molecule has 0 bridgehead atoms. The number of nitrogens with one attached hydrogen (secondary N) is 1. The molecule has 0 radical (unpaired) electrons. The van der Waals surface area contributed by atoms with E-state index in [1.165, 1.54) is 16.7 Å². The Labute approximate surface area is 168 Å². The van der Waals surface area contributed by atoms with Gasteiger partial charge in [0, 0.05) is 13.1 Å². The Morgan fingerprint density at radius 2 is 2.07 bits per heavy atom. The summed E-state index contributed by atoms with van der Waals surface area (Å²) in [6.45, 7) is 4.27. The van der Waals surface area contributed by atoms with E-state index in [1.54, 1.807) is 0 Å². The normalized spacial score (nSPS) is 19.1. The van der Waals surface area contributed by atoms with Gasteiger partial charge in [-0.25, -0.2) is 9.18 Å². The largest absolute Gasteiger partial charge is 0.477 e. The van der Waals surface area contributed by atoms with Crippen LogP contribution in [0.15, 0.2) is 17.1 Å². The maximum absolute atomic E-state index is 15.0. The van der Waals surface area contributed by atoms with Gasteiger partial charge in [-0.1, -0.05) is 0 Å². The number of aryl methyl sites for hydroxylation is 1. The van der Waals surface area contributed by atoms with Crippen LogP contribution in [0, 0.1) is 18.7 Å². The third kappa shape index (κ3) is 3.37. The average Bonchev–Trinajstić information content (AvgIpc) is 3.36. The fraction of sp³-hybridized carbons (Fsp3) is 0.500. The minimum Gasteiger partial charge on any atom is -0.477 e. The Morgan fingerprint density at radius 1 is 1.36 bits per heavy atom. The molecule has 8 heteroatoms. The zero-order valence-corrected chi connectivity index (χ0v) is 16.8. The minimum absolute atomic E-state index is 0. The maximum atomic E-state index is 15.0. The Hall–Kier alpha value is -2.12. The summed E-state index contributed by atoms with van der Waals surface area (Å²) >= 11 is 0. The molecule has 0 unspecified atom stereocenters. The quantitative estimate of drug-likeness (QED) is 0.794. The lowest BCUT2D eigenvalue weighted by Gasteiger charge is -2.24. The highest BCUT2D eigenvalue weighted by atomic mass is 35.5. The number of aromatic nitrogens is 1. The van der Waals surface area contributed by atoms with Crippen molar-refractivity contribution in [1.82, 2.24) is 9.72 Å². The molecule has 0 amide bonds. The van der Waals surface area contributed by atoms with E-state index >= 15 is 4.39 Å². The zero-order valence-electron chi connectivity index (χ0n) is 16.0. The standard InChI is InChI=1S/C20H24FN3O3.ClH/c1-11-17-14(13-3-4-13)7-15(20(26)27)19(25)24(17)10-16(21)18(11)23-6-5-12(9-23)8-22-2;/h7,10,12-13,22H,3-6,8-9H2,1-2H3,(H,26,27);1H/t12-;/m0./s1. The number of nitrogens with zero attached hydrogens (tertiary/aromatic N) is 2. The molecule has 0 spiro atoms. The molecular formula is C20H25ClFN3O3. The van der Waals surface area contributed by atoms with Gasteiger partial charge in [-0.3, -0.25) is 9.20 Å². The summed E-state index contributed by atoms with van der Waals surface area (Å²) in [5.41, 5.74) is 1.80. The Bertz CT molecular complexity index is 987. The first-order valence-electron chi connectivity index (χ1n) is 9.43. The van der Waals surface area contributed by atoms with E-state index in [-0.39, 0.29) is 23.9 Å². The molecule has 28 heavy (non-hydrogen) atoms. The lowest BCUT2D eigenvalue weighted by Crippen LogP contribution is -2.28. The fourth-order valence-electron chi connectivity index (χ4n) is 4.38. The first-order valence-corrected chi connectivity index (χ1v) is 9.43. The lowest BCUT2D eigenvalue weighted by atomic mass is 10.0. The number of halogens is 2. The predicted octanol–water partition coefficient (Wildman–Crippen LogP) is 2.79. The second-order valence-corrected chi connectivity index (χ2v) is 7.73. The van der Waals surface area contributed by atoms with Gasteiger partial charge in [0.05, 0.1) is 17.4 Å². The summed E-state index contributed by atoms with van der Waals surface area (Å²) in [5.74, 6) is -1.04. The van der Waals surface area contributed by atoms with Crippen LogP contribution in [-0.4, -0.2) is 42.2 Å². The third-order valence-electron chi connectivity index (χ3n) is 5.78. The number of carboxylic acid groups (broad SMARTS) is 1. The molecule has 2 fully saturated rings. The second-order valence-electron chi connectivity index (χ2n) is 7.73. The number of aromatic carboxylic acids is 1. The van der Waals surface area contributed by atoms with Crippen LogP contribution in [-0.2, 0) is 0 Å². The first-order chi connectivity index (χ1) is 12.9. The molecule has 2 aromatic heterocycles. The molecule has 1 saturated heterocycles. The topological polar surface area (TPSA) is 74.0 Å². The van der Waals surface area contributed by atoms with Gasteiger partial charge in [0.2, 0.25) is 0 Å². The number of fused-ring (bicyclic) bond motifs is 1. The van der Waals surface area contributed by atoms with Crippen LogP contribution < -0.4 is 15.8 Å². The van der Waals surface area contributed by atoms with Crippen LogP contribution in [0.1, 0.15) is 46.7 Å². The Morgan fingerprint density at radius 3 is 2.68 bits per heavy atom. The van der Waals surface area contributed by atoms with E-state index in [0.29, 0.717) is 17.1 Å². The van der Waals surface area contributed by atoms with E-state index in [9.17, 15) is 14.7 Å². The lowest BCUT2D eigenvalue weighted by molar-refractivity contribution is 0.0694. The number of carbonyl (C=O) groups is 1. The number of pyridine rings is 2. The van der Waals surface area contributed by atoms with Crippen molar-refractivity contribution in [3.8, 4) is 0 Å². The van der Waals surface area contributed by atoms with Gasteiger partial charge < -0.3 is 15.3 Å². The van der Waals surface area contributed by atoms with Crippen molar-refractivity contribution in [2.75, 3.05) is 31.6 Å². The van der Waals surface area contributed by atoms with Crippen molar-refractivity contribution in [2.24, 2.45) is 5.92 Å². The molecule has 3 heterocycles. The highest BCUT2D eigenvalue weighted by Crippen LogP contribution is 2.44. The molecule has 2 N–H and O–H groups in total. The summed E-state index contributed by atoms with van der Waals surface area (Å²) in [4.78, 5) is 26.2. The number of carboxylic acids is 1. The first kappa shape index (κ1) is 20.6. The van der Waals surface area contributed by atoms with E-state index in [0.717, 1.165) is 50.0 Å². The summed E-state index contributed by atoms with van der Waals surface area (Å²) in [5, 5.41) is 12.6. The van der Waals surface area contributed by atoms with Crippen molar-refractivity contribution >= 4 is 29.6 Å². The summed E-state index contributed by atoms with van der Waals surface area (Å²) in [6.07, 6.45) is 4.09. The molecule has 0 aromatic carbocycles. The molecule has 1 aliphatic carbocycles. The van der Waals surface area contributed by atoms with E-state index in [4.69, 9.17) is 0 Å². The van der Waals surface area contributed by atoms with Gasteiger partial charge in [0.25, 0.3) is 5.56 Å². The molecule has 152 valence electrons. The maximum Gasteiger partial charge on any atom is 0.341 e. The number of hydrogen-bond donors (Lipinski definition) is 2. The fourth-order valence-corrected chi connectivity index (χ4v) is 4.38. The van der Waals surface area contributed by atoms with Gasteiger partial charge in [-0.15, -0.1) is 12.4 Å². The van der Waals surface area contributed by atoms with Crippen molar-refractivity contribution < 1.29 is 14.3 Å². The highest BCUT2D eigenvalue weighted by Gasteiger charge is 2.32. The van der Waals surface area contributed by atoms with Crippen LogP contribution in [0.5, 0.6) is 0 Å². The molecule has 1 aliphatic heterocycles. The summed E-state index contributed by atoms with van der Waals surface area (Å²) in [6, 6.07) is 1.50. The average molecular weight is 410 g/mol. The zero-order chi connectivity index (χ0) is 19.3. The molecule has 4 rings (SSSR count). The van der Waals surface area contributed by atoms with Gasteiger partial charge in [-0.2, -0.15) is 0 Å². The molecule has 2 aromatic rings. The summed E-state index contributed by atoms with van der Waals surface area (Å²) in [7, 11) is 1.92. The van der Waals surface area contributed by atoms with Gasteiger partial charge in [-0.05, 0) is 68.8 Å². The predicted molar refractivity (Wildman–Crippen MR) is 109 cm³/mol. The monoisotopic (exact) mass is 409 g/mol. The Kier molecular flexibility index (Phi) is 5.68. The molecule has 1 saturated carbocycles. The molecule has 2 aliphatic rings. The van der Waals surface area contributed by atoms with E-state index in [1.807, 2.05) is 14.0 Å². The van der Waals surface area contributed by atoms with Crippen LogP contribution >= 0.6 is 12.4 Å². The number of rotatable bonds is 5. The van der Waals surface area contributed by atoms with Gasteiger partial charge in [0.15, 0.2) is 5.82 Å².